The number of carbonyl (C=O) groups excluding carboxylic acids is 1. The Bertz CT molecular complexity index is 832. The largest absolute Gasteiger partial charge is 0.376 e. The minimum absolute atomic E-state index is 0.0653. The van der Waals surface area contributed by atoms with Gasteiger partial charge in [-0.15, -0.1) is 0 Å². The van der Waals surface area contributed by atoms with E-state index < -0.39 is 0 Å². The molecule has 1 saturated heterocycles. The van der Waals surface area contributed by atoms with Crippen LogP contribution >= 0.6 is 0 Å². The molecule has 6 heteroatoms. The molecule has 1 unspecified atom stereocenters. The molecule has 1 atom stereocenters. The minimum atomic E-state index is -0.0653. The van der Waals surface area contributed by atoms with E-state index in [1.54, 1.807) is 0 Å². The topological polar surface area (TPSA) is 66.0 Å². The first-order valence-corrected chi connectivity index (χ1v) is 10.7. The van der Waals surface area contributed by atoms with Gasteiger partial charge in [-0.2, -0.15) is 0 Å². The third-order valence-electron chi connectivity index (χ3n) is 5.07. The van der Waals surface area contributed by atoms with E-state index in [4.69, 9.17) is 9.73 Å². The van der Waals surface area contributed by atoms with Gasteiger partial charge in [0.1, 0.15) is 0 Å². The van der Waals surface area contributed by atoms with Crippen LogP contribution in [0.3, 0.4) is 0 Å². The van der Waals surface area contributed by atoms with E-state index in [1.807, 2.05) is 49.5 Å². The van der Waals surface area contributed by atoms with Crippen molar-refractivity contribution in [2.45, 2.75) is 39.0 Å². The van der Waals surface area contributed by atoms with Crippen LogP contribution in [-0.2, 0) is 17.8 Å². The maximum atomic E-state index is 12.5. The monoisotopic (exact) mass is 408 g/mol. The fourth-order valence-corrected chi connectivity index (χ4v) is 3.49. The van der Waals surface area contributed by atoms with Crippen LogP contribution in [0.25, 0.3) is 0 Å². The number of ether oxygens (including phenoxy) is 1. The van der Waals surface area contributed by atoms with Crippen molar-refractivity contribution in [2.24, 2.45) is 4.99 Å². The Morgan fingerprint density at radius 2 is 1.93 bits per heavy atom. The van der Waals surface area contributed by atoms with Crippen molar-refractivity contribution in [2.75, 3.05) is 26.7 Å². The number of rotatable bonds is 8. The minimum Gasteiger partial charge on any atom is -0.376 e. The maximum absolute atomic E-state index is 12.5. The van der Waals surface area contributed by atoms with Gasteiger partial charge in [0.25, 0.3) is 5.91 Å². The maximum Gasteiger partial charge on any atom is 0.251 e. The molecule has 0 saturated carbocycles. The summed E-state index contributed by atoms with van der Waals surface area (Å²) in [5.41, 5.74) is 2.89. The number of nitrogens with one attached hydrogen (secondary N) is 2. The predicted molar refractivity (Wildman–Crippen MR) is 120 cm³/mol. The van der Waals surface area contributed by atoms with Crippen LogP contribution in [0.2, 0.25) is 0 Å². The molecular formula is C24H32N4O2. The molecule has 0 radical (unpaired) electrons. The van der Waals surface area contributed by atoms with Gasteiger partial charge >= 0.3 is 0 Å². The van der Waals surface area contributed by atoms with Crippen LogP contribution in [0.15, 0.2) is 59.6 Å². The van der Waals surface area contributed by atoms with E-state index in [2.05, 4.69) is 34.6 Å². The van der Waals surface area contributed by atoms with E-state index in [0.29, 0.717) is 18.7 Å². The zero-order valence-electron chi connectivity index (χ0n) is 17.9. The van der Waals surface area contributed by atoms with Gasteiger partial charge in [-0.05, 0) is 43.0 Å². The highest BCUT2D eigenvalue weighted by atomic mass is 16.5. The van der Waals surface area contributed by atoms with Gasteiger partial charge in [0.15, 0.2) is 5.96 Å². The lowest BCUT2D eigenvalue weighted by Crippen LogP contribution is -2.38. The molecule has 0 spiro atoms. The Hall–Kier alpha value is -2.86. The fourth-order valence-electron chi connectivity index (χ4n) is 3.49. The summed E-state index contributed by atoms with van der Waals surface area (Å²) < 4.78 is 5.57. The average molecular weight is 409 g/mol. The van der Waals surface area contributed by atoms with Gasteiger partial charge in [0.05, 0.1) is 12.6 Å². The number of hydrogen-bond donors (Lipinski definition) is 2. The van der Waals surface area contributed by atoms with Gasteiger partial charge < -0.3 is 20.3 Å². The first kappa shape index (κ1) is 21.8. The van der Waals surface area contributed by atoms with Gasteiger partial charge in [0.2, 0.25) is 0 Å². The standard InChI is InChI=1S/C24H32N4O2/c1-3-25-24(28(2)18-19-9-5-4-6-10-19)27-16-20-11-7-12-21(15-20)23(29)26-17-22-13-8-14-30-22/h4-7,9-12,15,22H,3,8,13-14,16-18H2,1-2H3,(H,25,27)(H,26,29). The van der Waals surface area contributed by atoms with E-state index in [9.17, 15) is 4.79 Å². The van der Waals surface area contributed by atoms with Crippen molar-refractivity contribution in [3.05, 3.63) is 71.3 Å². The van der Waals surface area contributed by atoms with E-state index in [0.717, 1.165) is 44.1 Å². The van der Waals surface area contributed by atoms with Crippen LogP contribution in [0.1, 0.15) is 41.3 Å². The smallest absolute Gasteiger partial charge is 0.251 e. The van der Waals surface area contributed by atoms with Crippen molar-refractivity contribution in [1.29, 1.82) is 0 Å². The summed E-state index contributed by atoms with van der Waals surface area (Å²) in [4.78, 5) is 19.4. The molecule has 1 heterocycles. The Morgan fingerprint density at radius 3 is 2.67 bits per heavy atom. The van der Waals surface area contributed by atoms with Crippen molar-refractivity contribution in [1.82, 2.24) is 15.5 Å². The van der Waals surface area contributed by atoms with E-state index >= 15 is 0 Å². The second-order valence-corrected chi connectivity index (χ2v) is 7.56. The van der Waals surface area contributed by atoms with Gasteiger partial charge in [-0.25, -0.2) is 4.99 Å². The number of carbonyl (C=O) groups is 1. The Labute approximate surface area is 179 Å². The first-order valence-electron chi connectivity index (χ1n) is 10.7. The summed E-state index contributed by atoms with van der Waals surface area (Å²) in [5.74, 6) is 0.777. The normalized spacial score (nSPS) is 16.3. The fraction of sp³-hybridized carbons (Fsp3) is 0.417. The zero-order valence-corrected chi connectivity index (χ0v) is 17.9. The van der Waals surface area contributed by atoms with Crippen LogP contribution < -0.4 is 10.6 Å². The molecule has 1 aliphatic rings. The quantitative estimate of drug-likeness (QED) is 0.520. The van der Waals surface area contributed by atoms with Crippen LogP contribution in [0, 0.1) is 0 Å². The highest BCUT2D eigenvalue weighted by Gasteiger charge is 2.16. The first-order chi connectivity index (χ1) is 14.7. The predicted octanol–water partition coefficient (Wildman–Crippen LogP) is 3.19. The summed E-state index contributed by atoms with van der Waals surface area (Å²) in [6, 6.07) is 18.0. The third kappa shape index (κ3) is 6.59. The second-order valence-electron chi connectivity index (χ2n) is 7.56. The highest BCUT2D eigenvalue weighted by Crippen LogP contribution is 2.12. The van der Waals surface area contributed by atoms with Crippen LogP contribution in [0.4, 0.5) is 0 Å². The van der Waals surface area contributed by atoms with Gasteiger partial charge in [0, 0.05) is 38.9 Å². The molecule has 1 aliphatic heterocycles. The molecular weight excluding hydrogens is 376 g/mol. The lowest BCUT2D eigenvalue weighted by molar-refractivity contribution is 0.0857. The molecule has 0 aromatic heterocycles. The van der Waals surface area contributed by atoms with Crippen molar-refractivity contribution in [3.63, 3.8) is 0 Å². The van der Waals surface area contributed by atoms with E-state index in [1.165, 1.54) is 5.56 Å². The molecule has 160 valence electrons. The van der Waals surface area contributed by atoms with Crippen LogP contribution in [-0.4, -0.2) is 49.6 Å². The molecule has 3 rings (SSSR count). The summed E-state index contributed by atoms with van der Waals surface area (Å²) in [6.07, 6.45) is 2.23. The zero-order chi connectivity index (χ0) is 21.2. The summed E-state index contributed by atoms with van der Waals surface area (Å²) in [5, 5.41) is 6.32. The number of aliphatic imine (C=N–C) groups is 1. The summed E-state index contributed by atoms with van der Waals surface area (Å²) in [6.45, 7) is 5.50. The molecule has 1 fully saturated rings. The molecule has 1 amide bonds. The highest BCUT2D eigenvalue weighted by molar-refractivity contribution is 5.94. The lowest BCUT2D eigenvalue weighted by Gasteiger charge is -2.22. The van der Waals surface area contributed by atoms with Crippen LogP contribution in [0.5, 0.6) is 0 Å². The lowest BCUT2D eigenvalue weighted by atomic mass is 10.1. The third-order valence-corrected chi connectivity index (χ3v) is 5.07. The summed E-state index contributed by atoms with van der Waals surface area (Å²) >= 11 is 0. The van der Waals surface area contributed by atoms with Crippen molar-refractivity contribution < 1.29 is 9.53 Å². The molecule has 0 bridgehead atoms. The number of amides is 1. The Kier molecular flexibility index (Phi) is 8.27. The summed E-state index contributed by atoms with van der Waals surface area (Å²) in [7, 11) is 2.03. The SMILES string of the molecule is CCNC(=NCc1cccc(C(=O)NCC2CCCO2)c1)N(C)Cc1ccccc1. The van der Waals surface area contributed by atoms with E-state index in [-0.39, 0.29) is 12.0 Å². The number of benzene rings is 2. The molecule has 6 nitrogen and oxygen atoms in total. The second kappa shape index (κ2) is 11.4. The molecule has 2 aromatic carbocycles. The number of nitrogens with zero attached hydrogens (tertiary/aromatic N) is 2. The van der Waals surface area contributed by atoms with Gasteiger partial charge in [-0.3, -0.25) is 4.79 Å². The Morgan fingerprint density at radius 1 is 1.13 bits per heavy atom. The molecule has 2 aromatic rings. The molecule has 0 aliphatic carbocycles. The molecule has 30 heavy (non-hydrogen) atoms. The Balaban J connectivity index is 1.60. The van der Waals surface area contributed by atoms with Gasteiger partial charge in [-0.1, -0.05) is 42.5 Å². The van der Waals surface area contributed by atoms with Crippen molar-refractivity contribution >= 4 is 11.9 Å². The molecule has 2 N–H and O–H groups in total. The average Bonchev–Trinajstić information content (AvgIpc) is 3.29. The number of hydrogen-bond acceptors (Lipinski definition) is 3. The number of guanidine groups is 1. The van der Waals surface area contributed by atoms with Crippen molar-refractivity contribution in [3.8, 4) is 0 Å².